The number of aryl methyl sites for hydroxylation is 1. The van der Waals surface area contributed by atoms with E-state index in [1.165, 1.54) is 18.3 Å². The van der Waals surface area contributed by atoms with Crippen LogP contribution in [0.25, 0.3) is 0 Å². The maximum Gasteiger partial charge on any atom is 0.287 e. The van der Waals surface area contributed by atoms with E-state index in [-0.39, 0.29) is 5.69 Å². The van der Waals surface area contributed by atoms with Gasteiger partial charge in [0.1, 0.15) is 6.20 Å². The molecule has 0 unspecified atom stereocenters. The Kier molecular flexibility index (Phi) is 2.50. The van der Waals surface area contributed by atoms with Crippen LogP contribution in [-0.4, -0.2) is 19.7 Å². The van der Waals surface area contributed by atoms with Gasteiger partial charge in [-0.25, -0.2) is 4.98 Å². The van der Waals surface area contributed by atoms with Crippen LogP contribution in [-0.2, 0) is 7.05 Å². The highest BCUT2D eigenvalue weighted by molar-refractivity contribution is 5.30. The average molecular weight is 220 g/mol. The van der Waals surface area contributed by atoms with E-state index in [0.29, 0.717) is 11.6 Å². The van der Waals surface area contributed by atoms with Crippen molar-refractivity contribution in [3.63, 3.8) is 0 Å². The van der Waals surface area contributed by atoms with E-state index in [1.807, 2.05) is 0 Å². The van der Waals surface area contributed by atoms with Gasteiger partial charge in [-0.2, -0.15) is 5.10 Å². The molecule has 7 nitrogen and oxygen atoms in total. The van der Waals surface area contributed by atoms with Gasteiger partial charge in [-0.3, -0.25) is 14.8 Å². The summed E-state index contributed by atoms with van der Waals surface area (Å²) in [5, 5.41) is 14.3. The second-order valence-electron chi connectivity index (χ2n) is 3.06. The minimum absolute atomic E-state index is 0.0708. The largest absolute Gasteiger partial charge is 0.436 e. The van der Waals surface area contributed by atoms with Crippen LogP contribution in [0.2, 0.25) is 0 Å². The van der Waals surface area contributed by atoms with Gasteiger partial charge in [0.15, 0.2) is 5.75 Å². The van der Waals surface area contributed by atoms with Crippen LogP contribution in [0.4, 0.5) is 5.69 Å². The van der Waals surface area contributed by atoms with Crippen LogP contribution < -0.4 is 4.74 Å². The molecule has 0 radical (unpaired) electrons. The summed E-state index contributed by atoms with van der Waals surface area (Å²) in [7, 11) is 1.76. The summed E-state index contributed by atoms with van der Waals surface area (Å²) in [4.78, 5) is 13.7. The van der Waals surface area contributed by atoms with E-state index in [0.717, 1.165) is 6.20 Å². The molecule has 0 amide bonds. The number of nitrogens with zero attached hydrogens (tertiary/aromatic N) is 4. The standard InChI is InChI=1S/C9H8N4O3/c1-12-6-8(5-11-12)16-9-3-2-7(4-10-9)13(14)15/h2-6H,1H3. The molecule has 0 saturated carbocycles. The summed E-state index contributed by atoms with van der Waals surface area (Å²) < 4.78 is 6.90. The number of ether oxygens (including phenoxy) is 1. The van der Waals surface area contributed by atoms with Gasteiger partial charge in [0.05, 0.1) is 17.3 Å². The second-order valence-corrected chi connectivity index (χ2v) is 3.06. The summed E-state index contributed by atoms with van der Waals surface area (Å²) in [5.41, 5.74) is -0.0708. The van der Waals surface area contributed by atoms with Gasteiger partial charge in [0.2, 0.25) is 5.88 Å². The Hall–Kier alpha value is -2.44. The molecule has 2 heterocycles. The normalized spacial score (nSPS) is 10.1. The van der Waals surface area contributed by atoms with Crippen molar-refractivity contribution in [3.8, 4) is 11.6 Å². The Morgan fingerprint density at radius 1 is 1.44 bits per heavy atom. The Morgan fingerprint density at radius 2 is 2.25 bits per heavy atom. The fraction of sp³-hybridized carbons (Fsp3) is 0.111. The fourth-order valence-electron chi connectivity index (χ4n) is 1.11. The van der Waals surface area contributed by atoms with E-state index >= 15 is 0 Å². The minimum Gasteiger partial charge on any atom is -0.436 e. The predicted octanol–water partition coefficient (Wildman–Crippen LogP) is 1.52. The molecule has 0 aliphatic heterocycles. The van der Waals surface area contributed by atoms with Gasteiger partial charge in [0.25, 0.3) is 5.69 Å². The van der Waals surface area contributed by atoms with E-state index in [4.69, 9.17) is 4.74 Å². The Labute approximate surface area is 90.4 Å². The van der Waals surface area contributed by atoms with Gasteiger partial charge in [-0.15, -0.1) is 0 Å². The van der Waals surface area contributed by atoms with Crippen LogP contribution in [0.1, 0.15) is 0 Å². The lowest BCUT2D eigenvalue weighted by Crippen LogP contribution is -1.91. The maximum absolute atomic E-state index is 10.4. The average Bonchev–Trinajstić information content (AvgIpc) is 2.65. The van der Waals surface area contributed by atoms with Crippen LogP contribution in [0, 0.1) is 10.1 Å². The highest BCUT2D eigenvalue weighted by Crippen LogP contribution is 2.19. The molecule has 2 aromatic rings. The molecule has 2 aromatic heterocycles. The number of aromatic nitrogens is 3. The third kappa shape index (κ3) is 2.14. The lowest BCUT2D eigenvalue weighted by atomic mass is 10.4. The van der Waals surface area contributed by atoms with Crippen molar-refractivity contribution in [2.24, 2.45) is 7.05 Å². The third-order valence-electron chi connectivity index (χ3n) is 1.84. The molecule has 0 saturated heterocycles. The summed E-state index contributed by atoms with van der Waals surface area (Å²) >= 11 is 0. The third-order valence-corrected chi connectivity index (χ3v) is 1.84. The number of nitro groups is 1. The van der Waals surface area contributed by atoms with Gasteiger partial charge in [0, 0.05) is 19.2 Å². The zero-order valence-corrected chi connectivity index (χ0v) is 8.40. The Morgan fingerprint density at radius 3 is 2.75 bits per heavy atom. The molecule has 0 aliphatic carbocycles. The van der Waals surface area contributed by atoms with E-state index in [9.17, 15) is 10.1 Å². The lowest BCUT2D eigenvalue weighted by molar-refractivity contribution is -0.385. The Balaban J connectivity index is 2.14. The molecule has 0 N–H and O–H groups in total. The predicted molar refractivity (Wildman–Crippen MR) is 54.2 cm³/mol. The summed E-state index contributed by atoms with van der Waals surface area (Å²) in [6, 6.07) is 2.77. The smallest absolute Gasteiger partial charge is 0.287 e. The van der Waals surface area contributed by atoms with Gasteiger partial charge < -0.3 is 4.74 Å². The number of rotatable bonds is 3. The highest BCUT2D eigenvalue weighted by atomic mass is 16.6. The first-order chi connectivity index (χ1) is 7.65. The Bertz CT molecular complexity index is 506. The van der Waals surface area contributed by atoms with Crippen molar-refractivity contribution in [1.29, 1.82) is 0 Å². The summed E-state index contributed by atoms with van der Waals surface area (Å²) in [5.74, 6) is 0.822. The zero-order valence-electron chi connectivity index (χ0n) is 8.40. The van der Waals surface area contributed by atoms with Gasteiger partial charge in [-0.1, -0.05) is 0 Å². The van der Waals surface area contributed by atoms with Crippen molar-refractivity contribution in [1.82, 2.24) is 14.8 Å². The maximum atomic E-state index is 10.4. The van der Waals surface area contributed by atoms with Crippen LogP contribution in [0.15, 0.2) is 30.7 Å². The van der Waals surface area contributed by atoms with Crippen molar-refractivity contribution in [3.05, 3.63) is 40.8 Å². The molecule has 16 heavy (non-hydrogen) atoms. The van der Waals surface area contributed by atoms with Crippen LogP contribution in [0.5, 0.6) is 11.6 Å². The first-order valence-corrected chi connectivity index (χ1v) is 4.42. The van der Waals surface area contributed by atoms with E-state index in [1.54, 1.807) is 17.9 Å². The molecular weight excluding hydrogens is 212 g/mol. The van der Waals surface area contributed by atoms with E-state index < -0.39 is 4.92 Å². The topological polar surface area (TPSA) is 83.1 Å². The monoisotopic (exact) mass is 220 g/mol. The van der Waals surface area contributed by atoms with Crippen molar-refractivity contribution in [2.45, 2.75) is 0 Å². The summed E-state index contributed by atoms with van der Waals surface area (Å²) in [6.07, 6.45) is 4.35. The molecule has 0 aromatic carbocycles. The van der Waals surface area contributed by atoms with E-state index in [2.05, 4.69) is 10.1 Å². The summed E-state index contributed by atoms with van der Waals surface area (Å²) in [6.45, 7) is 0. The lowest BCUT2D eigenvalue weighted by Gasteiger charge is -1.99. The van der Waals surface area contributed by atoms with Gasteiger partial charge >= 0.3 is 0 Å². The SMILES string of the molecule is Cn1cc(Oc2ccc([N+](=O)[O-])cn2)cn1. The quantitative estimate of drug-likeness (QED) is 0.578. The van der Waals surface area contributed by atoms with Crippen molar-refractivity contribution in [2.75, 3.05) is 0 Å². The molecule has 0 spiro atoms. The van der Waals surface area contributed by atoms with Crippen LogP contribution >= 0.6 is 0 Å². The highest BCUT2D eigenvalue weighted by Gasteiger charge is 2.06. The second kappa shape index (κ2) is 3.97. The molecule has 7 heteroatoms. The first kappa shape index (κ1) is 10.1. The number of pyridine rings is 1. The molecule has 82 valence electrons. The molecular formula is C9H8N4O3. The van der Waals surface area contributed by atoms with Crippen LogP contribution in [0.3, 0.4) is 0 Å². The molecule has 0 aliphatic rings. The molecule has 0 atom stereocenters. The number of hydrogen-bond acceptors (Lipinski definition) is 5. The molecule has 0 bridgehead atoms. The molecule has 2 rings (SSSR count). The zero-order chi connectivity index (χ0) is 11.5. The fourth-order valence-corrected chi connectivity index (χ4v) is 1.11. The first-order valence-electron chi connectivity index (χ1n) is 4.42. The van der Waals surface area contributed by atoms with Crippen molar-refractivity contribution >= 4 is 5.69 Å². The molecule has 0 fully saturated rings. The number of hydrogen-bond donors (Lipinski definition) is 0. The minimum atomic E-state index is -0.513. The van der Waals surface area contributed by atoms with Gasteiger partial charge in [-0.05, 0) is 0 Å². The van der Waals surface area contributed by atoms with Crippen molar-refractivity contribution < 1.29 is 9.66 Å².